The van der Waals surface area contributed by atoms with E-state index in [2.05, 4.69) is 0 Å². The van der Waals surface area contributed by atoms with E-state index in [1.165, 1.54) is 6.07 Å². The zero-order valence-corrected chi connectivity index (χ0v) is 9.55. The summed E-state index contributed by atoms with van der Waals surface area (Å²) < 4.78 is 25.3. The fraction of sp³-hybridized carbons (Fsp3) is 0.364. The predicted molar refractivity (Wildman–Crippen MR) is 58.0 cm³/mol. The van der Waals surface area contributed by atoms with Crippen molar-refractivity contribution in [2.75, 3.05) is 6.54 Å². The molecule has 1 aliphatic heterocycles. The van der Waals surface area contributed by atoms with Crippen LogP contribution in [0.25, 0.3) is 0 Å². The van der Waals surface area contributed by atoms with Crippen LogP contribution in [0.5, 0.6) is 5.75 Å². The van der Waals surface area contributed by atoms with Crippen molar-refractivity contribution in [3.05, 3.63) is 29.3 Å². The summed E-state index contributed by atoms with van der Waals surface area (Å²) in [6, 6.07) is 4.66. The van der Waals surface area contributed by atoms with E-state index in [1.54, 1.807) is 12.1 Å². The number of halogens is 3. The van der Waals surface area contributed by atoms with Crippen LogP contribution in [-0.4, -0.2) is 27.8 Å². The maximum absolute atomic E-state index is 12.7. The average molecular weight is 262 g/mol. The fourth-order valence-electron chi connectivity index (χ4n) is 1.89. The second-order valence-corrected chi connectivity index (χ2v) is 4.40. The zero-order valence-electron chi connectivity index (χ0n) is 8.79. The quantitative estimate of drug-likeness (QED) is 0.787. The third-order valence-electron chi connectivity index (χ3n) is 2.73. The summed E-state index contributed by atoms with van der Waals surface area (Å²) in [4.78, 5) is 12.3. The SMILES string of the molecule is O=C(N1CCc2cc(O)ccc2C1)C(F)(F)Cl. The van der Waals surface area contributed by atoms with Crippen LogP contribution < -0.4 is 0 Å². The molecule has 1 aromatic rings. The lowest BCUT2D eigenvalue weighted by atomic mass is 9.99. The van der Waals surface area contributed by atoms with E-state index >= 15 is 0 Å². The van der Waals surface area contributed by atoms with E-state index < -0.39 is 11.3 Å². The second-order valence-electron chi connectivity index (χ2n) is 3.93. The molecular formula is C11H10ClF2NO2. The fourth-order valence-corrected chi connectivity index (χ4v) is 2.01. The molecule has 0 radical (unpaired) electrons. The number of rotatable bonds is 1. The summed E-state index contributed by atoms with van der Waals surface area (Å²) in [6.07, 6.45) is 0.433. The maximum Gasteiger partial charge on any atom is 0.399 e. The van der Waals surface area contributed by atoms with Crippen LogP contribution in [0.3, 0.4) is 0 Å². The van der Waals surface area contributed by atoms with E-state index in [9.17, 15) is 18.7 Å². The highest BCUT2D eigenvalue weighted by Gasteiger charge is 2.40. The average Bonchev–Trinajstić information content (AvgIpc) is 2.26. The van der Waals surface area contributed by atoms with Gasteiger partial charge < -0.3 is 10.0 Å². The van der Waals surface area contributed by atoms with Gasteiger partial charge in [-0.3, -0.25) is 4.79 Å². The van der Waals surface area contributed by atoms with Gasteiger partial charge in [0.25, 0.3) is 0 Å². The molecule has 1 heterocycles. The Kier molecular flexibility index (Phi) is 2.95. The molecule has 0 unspecified atom stereocenters. The van der Waals surface area contributed by atoms with Crippen molar-refractivity contribution in [2.45, 2.75) is 18.3 Å². The predicted octanol–water partition coefficient (Wildman–Crippen LogP) is 2.11. The lowest BCUT2D eigenvalue weighted by Gasteiger charge is -2.29. The summed E-state index contributed by atoms with van der Waals surface area (Å²) >= 11 is 4.70. The molecular weight excluding hydrogens is 252 g/mol. The molecule has 1 N–H and O–H groups in total. The lowest BCUT2D eigenvalue weighted by molar-refractivity contribution is -0.148. The molecule has 0 fully saturated rings. The molecule has 92 valence electrons. The number of carbonyl (C=O) groups excluding carboxylic acids is 1. The van der Waals surface area contributed by atoms with Gasteiger partial charge in [-0.25, -0.2) is 0 Å². The molecule has 1 amide bonds. The van der Waals surface area contributed by atoms with Crippen molar-refractivity contribution in [1.29, 1.82) is 0 Å². The maximum atomic E-state index is 12.7. The topological polar surface area (TPSA) is 40.5 Å². The first-order chi connectivity index (χ1) is 7.88. The van der Waals surface area contributed by atoms with Crippen LogP contribution >= 0.6 is 11.6 Å². The minimum atomic E-state index is -3.85. The van der Waals surface area contributed by atoms with Crippen LogP contribution in [0.15, 0.2) is 18.2 Å². The highest BCUT2D eigenvalue weighted by molar-refractivity contribution is 6.32. The third kappa shape index (κ3) is 2.49. The van der Waals surface area contributed by atoms with Crippen LogP contribution in [0.2, 0.25) is 0 Å². The van der Waals surface area contributed by atoms with Gasteiger partial charge >= 0.3 is 11.3 Å². The summed E-state index contributed by atoms with van der Waals surface area (Å²) in [7, 11) is 0. The van der Waals surface area contributed by atoms with Crippen molar-refractivity contribution in [2.24, 2.45) is 0 Å². The van der Waals surface area contributed by atoms with Gasteiger partial charge in [0, 0.05) is 13.1 Å². The van der Waals surface area contributed by atoms with Gasteiger partial charge in [-0.05, 0) is 41.3 Å². The Balaban J connectivity index is 2.19. The third-order valence-corrected chi connectivity index (χ3v) is 2.89. The Bertz CT molecular complexity index is 459. The van der Waals surface area contributed by atoms with E-state index in [-0.39, 0.29) is 18.8 Å². The number of amides is 1. The molecule has 0 bridgehead atoms. The number of alkyl halides is 3. The smallest absolute Gasteiger partial charge is 0.399 e. The Morgan fingerprint density at radius 1 is 1.41 bits per heavy atom. The van der Waals surface area contributed by atoms with E-state index in [4.69, 9.17) is 11.6 Å². The highest BCUT2D eigenvalue weighted by atomic mass is 35.5. The molecule has 0 atom stereocenters. The monoisotopic (exact) mass is 261 g/mol. The highest BCUT2D eigenvalue weighted by Crippen LogP contribution is 2.27. The summed E-state index contributed by atoms with van der Waals surface area (Å²) in [5, 5.41) is 5.42. The molecule has 17 heavy (non-hydrogen) atoms. The van der Waals surface area contributed by atoms with Crippen LogP contribution in [-0.2, 0) is 17.8 Å². The molecule has 0 saturated carbocycles. The molecule has 6 heteroatoms. The molecule has 1 aliphatic rings. The van der Waals surface area contributed by atoms with Crippen LogP contribution in [0, 0.1) is 0 Å². The first-order valence-electron chi connectivity index (χ1n) is 5.05. The van der Waals surface area contributed by atoms with Crippen molar-refractivity contribution in [1.82, 2.24) is 4.90 Å². The number of nitrogens with zero attached hydrogens (tertiary/aromatic N) is 1. The lowest BCUT2D eigenvalue weighted by Crippen LogP contribution is -2.43. The Labute approximate surface area is 102 Å². The summed E-state index contributed by atoms with van der Waals surface area (Å²) in [6.45, 7) is 0.272. The van der Waals surface area contributed by atoms with Crippen LogP contribution in [0.1, 0.15) is 11.1 Å². The Morgan fingerprint density at radius 3 is 2.76 bits per heavy atom. The van der Waals surface area contributed by atoms with E-state index in [0.717, 1.165) is 16.0 Å². The number of benzene rings is 1. The number of phenolic OH excluding ortho intramolecular Hbond substituents is 1. The van der Waals surface area contributed by atoms with Crippen molar-refractivity contribution < 1.29 is 18.7 Å². The van der Waals surface area contributed by atoms with Crippen molar-refractivity contribution in [3.63, 3.8) is 0 Å². The molecule has 1 aromatic carbocycles. The van der Waals surface area contributed by atoms with Gasteiger partial charge in [-0.2, -0.15) is 8.78 Å². The number of hydrogen-bond donors (Lipinski definition) is 1. The number of hydrogen-bond acceptors (Lipinski definition) is 2. The molecule has 3 nitrogen and oxygen atoms in total. The standard InChI is InChI=1S/C11H10ClF2NO2/c12-11(13,14)10(17)15-4-3-7-5-9(16)2-1-8(7)6-15/h1-2,5,16H,3-4,6H2. The molecule has 0 aromatic heterocycles. The largest absolute Gasteiger partial charge is 0.508 e. The van der Waals surface area contributed by atoms with Gasteiger partial charge in [0.2, 0.25) is 0 Å². The first-order valence-corrected chi connectivity index (χ1v) is 5.42. The van der Waals surface area contributed by atoms with E-state index in [1.807, 2.05) is 0 Å². The Hall–Kier alpha value is -1.36. The molecule has 0 saturated heterocycles. The van der Waals surface area contributed by atoms with Gasteiger partial charge in [0.1, 0.15) is 5.75 Å². The van der Waals surface area contributed by atoms with Crippen molar-refractivity contribution >= 4 is 17.5 Å². The minimum absolute atomic E-state index is 0.0940. The molecule has 0 aliphatic carbocycles. The summed E-state index contributed by atoms with van der Waals surface area (Å²) in [5.74, 6) is -1.25. The number of aromatic hydroxyl groups is 1. The number of phenols is 1. The number of carbonyl (C=O) groups is 1. The Morgan fingerprint density at radius 2 is 2.12 bits per heavy atom. The molecule has 0 spiro atoms. The van der Waals surface area contributed by atoms with Crippen LogP contribution in [0.4, 0.5) is 8.78 Å². The minimum Gasteiger partial charge on any atom is -0.508 e. The normalized spacial score (nSPS) is 15.6. The summed E-state index contributed by atoms with van der Waals surface area (Å²) in [5.41, 5.74) is 1.62. The molecule has 2 rings (SSSR count). The first kappa shape index (κ1) is 12.1. The number of fused-ring (bicyclic) bond motifs is 1. The van der Waals surface area contributed by atoms with Gasteiger partial charge in [-0.1, -0.05) is 6.07 Å². The zero-order chi connectivity index (χ0) is 12.6. The van der Waals surface area contributed by atoms with Crippen molar-refractivity contribution in [3.8, 4) is 5.75 Å². The van der Waals surface area contributed by atoms with Gasteiger partial charge in [0.15, 0.2) is 0 Å². The van der Waals surface area contributed by atoms with Gasteiger partial charge in [0.05, 0.1) is 0 Å². The second kappa shape index (κ2) is 4.14. The van der Waals surface area contributed by atoms with Gasteiger partial charge in [-0.15, -0.1) is 0 Å². The van der Waals surface area contributed by atoms with E-state index in [0.29, 0.717) is 6.42 Å².